The Kier molecular flexibility index (Phi) is 15.8. The van der Waals surface area contributed by atoms with E-state index in [-0.39, 0.29) is 45.1 Å². The Morgan fingerprint density at radius 3 is 1.36 bits per heavy atom. The van der Waals surface area contributed by atoms with Crippen LogP contribution < -0.4 is 34.7 Å². The third-order valence-corrected chi connectivity index (χ3v) is 10.5. The second-order valence-corrected chi connectivity index (χ2v) is 15.3. The zero-order chi connectivity index (χ0) is 43.1. The summed E-state index contributed by atoms with van der Waals surface area (Å²) >= 11 is 0. The second kappa shape index (κ2) is 21.8. The Morgan fingerprint density at radius 2 is 0.869 bits per heavy atom. The number of nitrogen functional groups attached to an aromatic ring is 1. The van der Waals surface area contributed by atoms with Crippen LogP contribution in [0.25, 0.3) is 0 Å². The highest BCUT2D eigenvalue weighted by atomic mass is 16.5. The summed E-state index contributed by atoms with van der Waals surface area (Å²) in [5.41, 5.74) is 5.99. The van der Waals surface area contributed by atoms with E-state index in [1.165, 1.54) is 50.7 Å². The molecule has 0 spiro atoms. The minimum absolute atomic E-state index is 0.0818. The van der Waals surface area contributed by atoms with E-state index in [1.54, 1.807) is 72.8 Å². The van der Waals surface area contributed by atoms with Gasteiger partial charge in [0.2, 0.25) is 11.6 Å². The number of hydrogen-bond acceptors (Lipinski definition) is 11. The molecule has 0 radical (unpaired) electrons. The lowest BCUT2D eigenvalue weighted by Gasteiger charge is -2.25. The van der Waals surface area contributed by atoms with Crippen molar-refractivity contribution in [2.24, 2.45) is 0 Å². The number of carbonyl (C=O) groups excluding carboxylic acids is 2. The van der Waals surface area contributed by atoms with Crippen LogP contribution in [0.4, 0.5) is 17.1 Å². The van der Waals surface area contributed by atoms with Crippen LogP contribution in [0.15, 0.2) is 84.9 Å². The van der Waals surface area contributed by atoms with E-state index < -0.39 is 23.1 Å². The quantitative estimate of drug-likeness (QED) is 0.0261. The van der Waals surface area contributed by atoms with Gasteiger partial charge < -0.3 is 44.9 Å². The molecule has 0 bridgehead atoms. The molecule has 0 aromatic heterocycles. The van der Waals surface area contributed by atoms with Gasteiger partial charge in [-0.15, -0.1) is 0 Å². The van der Waals surface area contributed by atoms with Crippen LogP contribution in [0.3, 0.4) is 0 Å². The van der Waals surface area contributed by atoms with Crippen LogP contribution >= 0.6 is 0 Å². The fourth-order valence-electron chi connectivity index (χ4n) is 7.12. The van der Waals surface area contributed by atoms with Gasteiger partial charge in [-0.1, -0.05) is 78.6 Å². The molecule has 5 aromatic carbocycles. The predicted octanol–water partition coefficient (Wildman–Crippen LogP) is 12.7. The summed E-state index contributed by atoms with van der Waals surface area (Å²) in [4.78, 5) is 29.1. The summed E-state index contributed by atoms with van der Waals surface area (Å²) in [6.07, 6.45) is 13.2. The molecular formula is C50H58N2O9. The average Bonchev–Trinajstić information content (AvgIpc) is 3.26. The number of ketones is 2. The van der Waals surface area contributed by atoms with Crippen LogP contribution in [0.1, 0.15) is 130 Å². The van der Waals surface area contributed by atoms with Gasteiger partial charge in [0.25, 0.3) is 0 Å². The number of carbonyl (C=O) groups is 2. The van der Waals surface area contributed by atoms with Crippen molar-refractivity contribution < 1.29 is 43.5 Å². The van der Waals surface area contributed by atoms with E-state index in [0.29, 0.717) is 54.3 Å². The van der Waals surface area contributed by atoms with Gasteiger partial charge in [-0.2, -0.15) is 0 Å². The molecular weight excluding hydrogens is 773 g/mol. The predicted molar refractivity (Wildman–Crippen MR) is 239 cm³/mol. The van der Waals surface area contributed by atoms with Crippen LogP contribution in [-0.2, 0) is 0 Å². The Balaban J connectivity index is 1.28. The fraction of sp³-hybridized carbons (Fsp3) is 0.360. The van der Waals surface area contributed by atoms with Crippen molar-refractivity contribution in [3.05, 3.63) is 107 Å². The van der Waals surface area contributed by atoms with Crippen LogP contribution in [-0.4, -0.2) is 41.6 Å². The first kappa shape index (κ1) is 44.2. The number of benzene rings is 5. The second-order valence-electron chi connectivity index (χ2n) is 15.3. The van der Waals surface area contributed by atoms with Crippen molar-refractivity contribution in [2.45, 2.75) is 97.8 Å². The molecule has 0 fully saturated rings. The minimum atomic E-state index is -0.770. The Labute approximate surface area is 358 Å². The standard InChI is InChI=1S/C50H58N2O9/c1-4-7-10-12-14-29-58-35-20-24-37(25-21-35)60-41-31-39(51)43-45(47(41)53)50(56)44-40(52-33-16-18-34(19-17-33)57-28-9-6-3)32-42(48(54)46(44)49(43)55)61-38-26-22-36(23-27-38)59-30-15-13-11-8-5-2/h16-27,31-32,52-54H,4-15,28-30,51H2,1-3H3. The van der Waals surface area contributed by atoms with Gasteiger partial charge in [-0.3, -0.25) is 9.59 Å². The summed E-state index contributed by atoms with van der Waals surface area (Å²) in [6.45, 7) is 8.23. The first-order chi connectivity index (χ1) is 29.7. The minimum Gasteiger partial charge on any atom is -0.504 e. The number of nitrogens with one attached hydrogen (secondary N) is 1. The van der Waals surface area contributed by atoms with E-state index in [4.69, 9.17) is 29.4 Å². The molecule has 61 heavy (non-hydrogen) atoms. The first-order valence-corrected chi connectivity index (χ1v) is 21.7. The number of unbranched alkanes of at least 4 members (excludes halogenated alkanes) is 9. The number of hydrogen-bond donors (Lipinski definition) is 4. The zero-order valence-electron chi connectivity index (χ0n) is 35.5. The summed E-state index contributed by atoms with van der Waals surface area (Å²) in [7, 11) is 0. The smallest absolute Gasteiger partial charge is 0.200 e. The van der Waals surface area contributed by atoms with E-state index in [2.05, 4.69) is 26.1 Å². The third-order valence-electron chi connectivity index (χ3n) is 10.5. The molecule has 322 valence electrons. The van der Waals surface area contributed by atoms with E-state index in [1.807, 2.05) is 0 Å². The Morgan fingerprint density at radius 1 is 0.475 bits per heavy atom. The van der Waals surface area contributed by atoms with Crippen LogP contribution in [0.5, 0.6) is 51.7 Å². The lowest BCUT2D eigenvalue weighted by atomic mass is 9.81. The number of fused-ring (bicyclic) bond motifs is 2. The zero-order valence-corrected chi connectivity index (χ0v) is 35.5. The number of aromatic hydroxyl groups is 2. The summed E-state index contributed by atoms with van der Waals surface area (Å²) in [6, 6.07) is 23.7. The largest absolute Gasteiger partial charge is 0.504 e. The monoisotopic (exact) mass is 830 g/mol. The normalized spacial score (nSPS) is 11.8. The van der Waals surface area contributed by atoms with Crippen molar-refractivity contribution >= 4 is 28.6 Å². The van der Waals surface area contributed by atoms with Gasteiger partial charge in [0, 0.05) is 23.5 Å². The number of phenols is 2. The summed E-state index contributed by atoms with van der Waals surface area (Å²) < 4.78 is 29.8. The maximum Gasteiger partial charge on any atom is 0.200 e. The molecule has 5 aromatic rings. The number of rotatable bonds is 24. The van der Waals surface area contributed by atoms with Crippen molar-refractivity contribution in [1.29, 1.82) is 0 Å². The highest BCUT2D eigenvalue weighted by molar-refractivity contribution is 6.34. The topological polar surface area (TPSA) is 159 Å². The molecule has 1 aliphatic rings. The molecule has 6 rings (SSSR count). The molecule has 0 aliphatic heterocycles. The van der Waals surface area contributed by atoms with E-state index in [9.17, 15) is 19.8 Å². The maximum absolute atomic E-state index is 14.6. The molecule has 5 N–H and O–H groups in total. The van der Waals surface area contributed by atoms with Gasteiger partial charge in [-0.25, -0.2) is 0 Å². The van der Waals surface area contributed by atoms with Crippen molar-refractivity contribution in [1.82, 2.24) is 0 Å². The number of anilines is 3. The maximum atomic E-state index is 14.6. The Hall–Kier alpha value is -6.36. The lowest BCUT2D eigenvalue weighted by Crippen LogP contribution is -2.24. The van der Waals surface area contributed by atoms with Crippen molar-refractivity contribution in [3.8, 4) is 51.7 Å². The van der Waals surface area contributed by atoms with E-state index >= 15 is 0 Å². The van der Waals surface area contributed by atoms with Gasteiger partial charge >= 0.3 is 0 Å². The molecule has 0 unspecified atom stereocenters. The molecule has 0 saturated carbocycles. The number of nitrogens with two attached hydrogens (primary N) is 1. The molecule has 0 atom stereocenters. The Bertz CT molecular complexity index is 2240. The van der Waals surface area contributed by atoms with Gasteiger partial charge in [0.1, 0.15) is 28.7 Å². The highest BCUT2D eigenvalue weighted by Crippen LogP contribution is 2.50. The first-order valence-electron chi connectivity index (χ1n) is 21.7. The summed E-state index contributed by atoms with van der Waals surface area (Å²) in [5.74, 6) is -0.107. The van der Waals surface area contributed by atoms with Gasteiger partial charge in [-0.05, 0) is 92.1 Å². The van der Waals surface area contributed by atoms with E-state index in [0.717, 1.165) is 38.5 Å². The van der Waals surface area contributed by atoms with Crippen molar-refractivity contribution in [3.63, 3.8) is 0 Å². The fourth-order valence-corrected chi connectivity index (χ4v) is 7.12. The average molecular weight is 831 g/mol. The van der Waals surface area contributed by atoms with Gasteiger partial charge in [0.15, 0.2) is 23.0 Å². The molecule has 11 nitrogen and oxygen atoms in total. The van der Waals surface area contributed by atoms with Gasteiger partial charge in [0.05, 0.1) is 47.8 Å². The molecule has 0 heterocycles. The lowest BCUT2D eigenvalue weighted by molar-refractivity contribution is 0.0974. The SMILES string of the molecule is CCCCCCCOc1ccc(Oc2cc(N)c3c(c2O)C(=O)c2c(Nc4ccc(OCCCC)cc4)cc(Oc4ccc(OCCCCCCC)cc4)c(O)c2C3=O)cc1. The molecule has 1 aliphatic carbocycles. The van der Waals surface area contributed by atoms with Crippen molar-refractivity contribution in [2.75, 3.05) is 30.9 Å². The van der Waals surface area contributed by atoms with Crippen LogP contribution in [0, 0.1) is 0 Å². The number of ether oxygens (including phenoxy) is 5. The molecule has 0 saturated heterocycles. The molecule has 11 heteroatoms. The number of phenolic OH excluding ortho intramolecular Hbond substituents is 2. The summed E-state index contributed by atoms with van der Waals surface area (Å²) in [5, 5.41) is 26.6. The molecule has 0 amide bonds. The van der Waals surface area contributed by atoms with Crippen LogP contribution in [0.2, 0.25) is 0 Å². The third kappa shape index (κ3) is 11.3. The highest BCUT2D eigenvalue weighted by Gasteiger charge is 2.40.